The fourth-order valence-corrected chi connectivity index (χ4v) is 2.05. The number of rotatable bonds is 4. The number of carbonyl (C=O) groups excluding carboxylic acids is 1. The molecule has 0 radical (unpaired) electrons. The maximum absolute atomic E-state index is 11.6. The first-order valence-electron chi connectivity index (χ1n) is 6.08. The first-order valence-corrected chi connectivity index (χ1v) is 6.87. The number of halogens is 1. The van der Waals surface area contributed by atoms with Gasteiger partial charge < -0.3 is 10.5 Å². The lowest BCUT2D eigenvalue weighted by Crippen LogP contribution is -2.00. The minimum absolute atomic E-state index is 0.254. The van der Waals surface area contributed by atoms with Gasteiger partial charge in [0.25, 0.3) is 0 Å². The largest absolute Gasteiger partial charge is 0.458 e. The zero-order chi connectivity index (χ0) is 14.4. The summed E-state index contributed by atoms with van der Waals surface area (Å²) < 4.78 is 6.12. The molecule has 0 spiro atoms. The number of anilines is 1. The summed E-state index contributed by atoms with van der Waals surface area (Å²) in [6.07, 6.45) is 3.10. The maximum atomic E-state index is 11.6. The highest BCUT2D eigenvalue weighted by Crippen LogP contribution is 2.12. The molecule has 0 aromatic heterocycles. The molecule has 20 heavy (non-hydrogen) atoms. The summed E-state index contributed by atoms with van der Waals surface area (Å²) in [5.41, 5.74) is 8.12. The van der Waals surface area contributed by atoms with Gasteiger partial charge in [0.05, 0.1) is 0 Å². The molecule has 0 aliphatic rings. The summed E-state index contributed by atoms with van der Waals surface area (Å²) in [6.45, 7) is 0.254. The van der Waals surface area contributed by atoms with Crippen molar-refractivity contribution in [2.45, 2.75) is 6.61 Å². The highest BCUT2D eigenvalue weighted by Gasteiger charge is 1.99. The summed E-state index contributed by atoms with van der Waals surface area (Å²) in [6, 6.07) is 14.9. The maximum Gasteiger partial charge on any atom is 0.331 e. The number of carbonyl (C=O) groups is 1. The normalized spacial score (nSPS) is 10.7. The number of ether oxygens (including phenoxy) is 1. The zero-order valence-corrected chi connectivity index (χ0v) is 12.3. The molecule has 0 aliphatic carbocycles. The van der Waals surface area contributed by atoms with Crippen LogP contribution in [0.25, 0.3) is 6.08 Å². The summed E-state index contributed by atoms with van der Waals surface area (Å²) in [4.78, 5) is 11.6. The lowest BCUT2D eigenvalue weighted by atomic mass is 10.2. The van der Waals surface area contributed by atoms with Crippen LogP contribution in [0.2, 0.25) is 0 Å². The first kappa shape index (κ1) is 14.3. The van der Waals surface area contributed by atoms with Gasteiger partial charge in [-0.2, -0.15) is 0 Å². The van der Waals surface area contributed by atoms with Crippen LogP contribution in [0.5, 0.6) is 0 Å². The molecular weight excluding hydrogens is 318 g/mol. The molecule has 0 amide bonds. The van der Waals surface area contributed by atoms with Gasteiger partial charge in [-0.05, 0) is 41.5 Å². The molecule has 4 heteroatoms. The van der Waals surface area contributed by atoms with Crippen molar-refractivity contribution in [1.29, 1.82) is 0 Å². The highest BCUT2D eigenvalue weighted by atomic mass is 79.9. The topological polar surface area (TPSA) is 52.3 Å². The van der Waals surface area contributed by atoms with Crippen LogP contribution in [-0.2, 0) is 16.1 Å². The van der Waals surface area contributed by atoms with E-state index in [9.17, 15) is 4.79 Å². The van der Waals surface area contributed by atoms with Crippen molar-refractivity contribution in [3.05, 3.63) is 70.2 Å². The molecule has 0 saturated carbocycles. The van der Waals surface area contributed by atoms with Gasteiger partial charge in [0.15, 0.2) is 0 Å². The number of hydrogen-bond donors (Lipinski definition) is 1. The van der Waals surface area contributed by atoms with Crippen LogP contribution in [0.4, 0.5) is 5.69 Å². The number of esters is 1. The molecule has 3 nitrogen and oxygen atoms in total. The Bertz CT molecular complexity index is 621. The van der Waals surface area contributed by atoms with Crippen molar-refractivity contribution in [3.8, 4) is 0 Å². The van der Waals surface area contributed by atoms with E-state index < -0.39 is 0 Å². The van der Waals surface area contributed by atoms with Crippen molar-refractivity contribution < 1.29 is 9.53 Å². The van der Waals surface area contributed by atoms with Crippen LogP contribution in [-0.4, -0.2) is 5.97 Å². The average Bonchev–Trinajstić information content (AvgIpc) is 2.45. The van der Waals surface area contributed by atoms with E-state index in [0.717, 1.165) is 15.6 Å². The molecule has 0 bridgehead atoms. The molecule has 0 saturated heterocycles. The minimum Gasteiger partial charge on any atom is -0.458 e. The molecule has 2 aromatic rings. The fourth-order valence-electron chi connectivity index (χ4n) is 1.60. The van der Waals surface area contributed by atoms with Crippen molar-refractivity contribution in [3.63, 3.8) is 0 Å². The quantitative estimate of drug-likeness (QED) is 0.526. The predicted molar refractivity (Wildman–Crippen MR) is 83.8 cm³/mol. The van der Waals surface area contributed by atoms with E-state index in [4.69, 9.17) is 10.5 Å². The van der Waals surface area contributed by atoms with E-state index in [1.807, 2.05) is 36.4 Å². The Hall–Kier alpha value is -2.07. The van der Waals surface area contributed by atoms with E-state index in [1.54, 1.807) is 18.2 Å². The average molecular weight is 332 g/mol. The van der Waals surface area contributed by atoms with Crippen molar-refractivity contribution in [2.75, 3.05) is 5.73 Å². The van der Waals surface area contributed by atoms with Crippen molar-refractivity contribution in [2.24, 2.45) is 0 Å². The lowest BCUT2D eigenvalue weighted by Gasteiger charge is -2.02. The second kappa shape index (κ2) is 6.91. The summed E-state index contributed by atoms with van der Waals surface area (Å²) in [5.74, 6) is -0.373. The van der Waals surface area contributed by atoms with Gasteiger partial charge in [-0.25, -0.2) is 4.79 Å². The van der Waals surface area contributed by atoms with Gasteiger partial charge in [-0.1, -0.05) is 40.2 Å². The monoisotopic (exact) mass is 331 g/mol. The smallest absolute Gasteiger partial charge is 0.331 e. The first-order chi connectivity index (χ1) is 9.63. The fraction of sp³-hybridized carbons (Fsp3) is 0.0625. The Kier molecular flexibility index (Phi) is 4.96. The predicted octanol–water partition coefficient (Wildman–Crippen LogP) is 3.79. The van der Waals surface area contributed by atoms with Crippen molar-refractivity contribution >= 4 is 33.7 Å². The van der Waals surface area contributed by atoms with Crippen LogP contribution in [0, 0.1) is 0 Å². The SMILES string of the molecule is Nc1ccc(/C=C/C(=O)OCc2cccc(Br)c2)cc1. The molecule has 0 atom stereocenters. The van der Waals surface area contributed by atoms with Crippen LogP contribution in [0.15, 0.2) is 59.1 Å². The van der Waals surface area contributed by atoms with Crippen LogP contribution >= 0.6 is 15.9 Å². The molecule has 0 unspecified atom stereocenters. The molecule has 102 valence electrons. The molecule has 2 aromatic carbocycles. The number of nitrogen functional groups attached to an aromatic ring is 1. The van der Waals surface area contributed by atoms with Gasteiger partial charge in [0.2, 0.25) is 0 Å². The zero-order valence-electron chi connectivity index (χ0n) is 10.8. The lowest BCUT2D eigenvalue weighted by molar-refractivity contribution is -0.138. The van der Waals surface area contributed by atoms with E-state index in [2.05, 4.69) is 15.9 Å². The highest BCUT2D eigenvalue weighted by molar-refractivity contribution is 9.10. The molecule has 0 fully saturated rings. The number of benzene rings is 2. The molecule has 0 heterocycles. The third-order valence-corrected chi connectivity index (χ3v) is 3.11. The van der Waals surface area contributed by atoms with Crippen molar-refractivity contribution in [1.82, 2.24) is 0 Å². The van der Waals surface area contributed by atoms with Gasteiger partial charge in [0, 0.05) is 16.2 Å². The van der Waals surface area contributed by atoms with Gasteiger partial charge in [0.1, 0.15) is 6.61 Å². The molecule has 2 rings (SSSR count). The van der Waals surface area contributed by atoms with E-state index in [1.165, 1.54) is 6.08 Å². The molecular formula is C16H14BrNO2. The second-order valence-electron chi connectivity index (χ2n) is 4.24. The van der Waals surface area contributed by atoms with Crippen LogP contribution < -0.4 is 5.73 Å². The third-order valence-electron chi connectivity index (χ3n) is 2.62. The summed E-state index contributed by atoms with van der Waals surface area (Å²) >= 11 is 3.37. The number of nitrogens with two attached hydrogens (primary N) is 1. The Balaban J connectivity index is 1.88. The third kappa shape index (κ3) is 4.55. The Labute approximate surface area is 126 Å². The van der Waals surface area contributed by atoms with E-state index in [0.29, 0.717) is 5.69 Å². The Morgan fingerprint density at radius 1 is 1.20 bits per heavy atom. The van der Waals surface area contributed by atoms with E-state index >= 15 is 0 Å². The van der Waals surface area contributed by atoms with Gasteiger partial charge in [-0.3, -0.25) is 0 Å². The Morgan fingerprint density at radius 3 is 2.65 bits per heavy atom. The van der Waals surface area contributed by atoms with E-state index in [-0.39, 0.29) is 12.6 Å². The molecule has 0 aliphatic heterocycles. The van der Waals surface area contributed by atoms with Crippen LogP contribution in [0.3, 0.4) is 0 Å². The number of hydrogen-bond acceptors (Lipinski definition) is 3. The molecule has 2 N–H and O–H groups in total. The Morgan fingerprint density at radius 2 is 1.95 bits per heavy atom. The summed E-state index contributed by atoms with van der Waals surface area (Å²) in [5, 5.41) is 0. The van der Waals surface area contributed by atoms with Gasteiger partial charge in [-0.15, -0.1) is 0 Å². The second-order valence-corrected chi connectivity index (χ2v) is 5.15. The summed E-state index contributed by atoms with van der Waals surface area (Å²) in [7, 11) is 0. The minimum atomic E-state index is -0.373. The standard InChI is InChI=1S/C16H14BrNO2/c17-14-3-1-2-13(10-14)11-20-16(19)9-6-12-4-7-15(18)8-5-12/h1-10H,11,18H2/b9-6+. The van der Waals surface area contributed by atoms with Gasteiger partial charge >= 0.3 is 5.97 Å². The van der Waals surface area contributed by atoms with Crippen LogP contribution in [0.1, 0.15) is 11.1 Å².